The lowest BCUT2D eigenvalue weighted by molar-refractivity contribution is 0.483. The van der Waals surface area contributed by atoms with Crippen molar-refractivity contribution in [3.63, 3.8) is 0 Å². The minimum absolute atomic E-state index is 1.04. The highest BCUT2D eigenvalue weighted by atomic mass is 15.1. The summed E-state index contributed by atoms with van der Waals surface area (Å²) < 4.78 is 0. The van der Waals surface area contributed by atoms with Crippen LogP contribution in [0.3, 0.4) is 0 Å². The summed E-state index contributed by atoms with van der Waals surface area (Å²) >= 11 is 0. The summed E-state index contributed by atoms with van der Waals surface area (Å²) in [4.78, 5) is 2.08. The molecule has 0 heterocycles. The second-order valence-electron chi connectivity index (χ2n) is 2.36. The van der Waals surface area contributed by atoms with Gasteiger partial charge in [0.1, 0.15) is 0 Å². The molecule has 0 amide bonds. The Hall–Kier alpha value is -0.760. The van der Waals surface area contributed by atoms with Crippen LogP contribution in [0.5, 0.6) is 0 Å². The number of rotatable bonds is 6. The molecule has 0 aliphatic carbocycles. The third-order valence-corrected chi connectivity index (χ3v) is 1.42. The summed E-state index contributed by atoms with van der Waals surface area (Å²) in [6, 6.07) is 0. The summed E-state index contributed by atoms with van der Waals surface area (Å²) in [6.07, 6.45) is 7.03. The van der Waals surface area contributed by atoms with Gasteiger partial charge in [0.25, 0.3) is 0 Å². The molecule has 0 spiro atoms. The first-order chi connectivity index (χ1) is 6.35. The number of allylic oxidation sites excluding steroid dienone is 1. The molecule has 0 rings (SSSR count). The lowest BCUT2D eigenvalue weighted by atomic mass is 10.4. The maximum Gasteiger partial charge on any atom is 0.0231 e. The summed E-state index contributed by atoms with van der Waals surface area (Å²) in [5, 5.41) is 3.10. The zero-order valence-electron chi connectivity index (χ0n) is 9.51. The minimum atomic E-state index is 1.04. The Kier molecular flexibility index (Phi) is 15.7. The largest absolute Gasteiger partial charge is 0.355 e. The Bertz CT molecular complexity index is 119. The van der Waals surface area contributed by atoms with Gasteiger partial charge in [0.15, 0.2) is 0 Å². The fraction of sp³-hybridized carbons (Fsp3) is 0.636. The molecule has 2 nitrogen and oxygen atoms in total. The molecule has 0 saturated heterocycles. The normalized spacial score (nSPS) is 9.23. The average molecular weight is 184 g/mol. The highest BCUT2D eigenvalue weighted by Gasteiger charge is 1.90. The maximum atomic E-state index is 3.71. The quantitative estimate of drug-likeness (QED) is 0.638. The van der Waals surface area contributed by atoms with Crippen LogP contribution in [0.15, 0.2) is 25.1 Å². The van der Waals surface area contributed by atoms with Gasteiger partial charge >= 0.3 is 0 Å². The van der Waals surface area contributed by atoms with Gasteiger partial charge in [-0.15, -0.1) is 0 Å². The van der Waals surface area contributed by atoms with Gasteiger partial charge < -0.3 is 10.2 Å². The van der Waals surface area contributed by atoms with E-state index in [0.29, 0.717) is 0 Å². The van der Waals surface area contributed by atoms with Crippen LogP contribution in [-0.2, 0) is 0 Å². The van der Waals surface area contributed by atoms with Crippen LogP contribution in [0.4, 0.5) is 0 Å². The monoisotopic (exact) mass is 184 g/mol. The first-order valence-corrected chi connectivity index (χ1v) is 5.01. The van der Waals surface area contributed by atoms with Crippen molar-refractivity contribution in [3.05, 3.63) is 25.1 Å². The van der Waals surface area contributed by atoms with Crippen LogP contribution in [0, 0.1) is 0 Å². The van der Waals surface area contributed by atoms with Crippen LogP contribution in [0.2, 0.25) is 0 Å². The minimum Gasteiger partial charge on any atom is -0.355 e. The Labute approximate surface area is 83.3 Å². The van der Waals surface area contributed by atoms with Crippen LogP contribution in [-0.4, -0.2) is 25.0 Å². The first kappa shape index (κ1) is 14.7. The molecule has 0 aliphatic heterocycles. The van der Waals surface area contributed by atoms with E-state index in [1.165, 1.54) is 0 Å². The summed E-state index contributed by atoms with van der Waals surface area (Å²) in [7, 11) is 1.97. The van der Waals surface area contributed by atoms with Gasteiger partial charge in [0.05, 0.1) is 0 Å². The molecule has 0 aromatic heterocycles. The van der Waals surface area contributed by atoms with Crippen molar-refractivity contribution in [2.75, 3.05) is 20.1 Å². The second-order valence-corrected chi connectivity index (χ2v) is 2.36. The van der Waals surface area contributed by atoms with Gasteiger partial charge in [-0.1, -0.05) is 26.5 Å². The fourth-order valence-electron chi connectivity index (χ4n) is 0.857. The van der Waals surface area contributed by atoms with Crippen molar-refractivity contribution >= 4 is 0 Å². The fourth-order valence-corrected chi connectivity index (χ4v) is 0.857. The Balaban J connectivity index is 0. The smallest absolute Gasteiger partial charge is 0.0231 e. The molecular weight excluding hydrogens is 160 g/mol. The van der Waals surface area contributed by atoms with Crippen LogP contribution < -0.4 is 5.32 Å². The van der Waals surface area contributed by atoms with E-state index in [4.69, 9.17) is 0 Å². The molecule has 0 aromatic rings. The topological polar surface area (TPSA) is 15.3 Å². The molecular formula is C11H24N2. The van der Waals surface area contributed by atoms with Crippen LogP contribution >= 0.6 is 0 Å². The van der Waals surface area contributed by atoms with E-state index in [-0.39, 0.29) is 0 Å². The summed E-state index contributed by atoms with van der Waals surface area (Å²) in [6.45, 7) is 11.8. The number of nitrogens with zero attached hydrogens (tertiary/aromatic N) is 1. The Morgan fingerprint density at radius 3 is 2.38 bits per heavy atom. The SMILES string of the molecule is C=CN(/C=C\C)CCCNC.CC. The van der Waals surface area contributed by atoms with Crippen molar-refractivity contribution in [2.45, 2.75) is 27.2 Å². The van der Waals surface area contributed by atoms with Gasteiger partial charge in [0.2, 0.25) is 0 Å². The second kappa shape index (κ2) is 13.8. The van der Waals surface area contributed by atoms with Gasteiger partial charge in [-0.05, 0) is 39.3 Å². The number of nitrogens with one attached hydrogen (secondary N) is 1. The molecule has 1 N–H and O–H groups in total. The number of hydrogen-bond acceptors (Lipinski definition) is 2. The van der Waals surface area contributed by atoms with Crippen LogP contribution in [0.1, 0.15) is 27.2 Å². The third-order valence-electron chi connectivity index (χ3n) is 1.42. The van der Waals surface area contributed by atoms with Gasteiger partial charge in [-0.2, -0.15) is 0 Å². The van der Waals surface area contributed by atoms with Gasteiger partial charge in [0, 0.05) is 6.54 Å². The van der Waals surface area contributed by atoms with Crippen molar-refractivity contribution in [3.8, 4) is 0 Å². The molecule has 13 heavy (non-hydrogen) atoms. The molecule has 0 fully saturated rings. The lowest BCUT2D eigenvalue weighted by Crippen LogP contribution is -2.16. The van der Waals surface area contributed by atoms with Crippen molar-refractivity contribution in [2.24, 2.45) is 0 Å². The zero-order valence-corrected chi connectivity index (χ0v) is 9.51. The molecule has 0 atom stereocenters. The van der Waals surface area contributed by atoms with E-state index in [9.17, 15) is 0 Å². The summed E-state index contributed by atoms with van der Waals surface area (Å²) in [5.74, 6) is 0. The summed E-state index contributed by atoms with van der Waals surface area (Å²) in [5.41, 5.74) is 0. The lowest BCUT2D eigenvalue weighted by Gasteiger charge is -2.13. The first-order valence-electron chi connectivity index (χ1n) is 5.01. The van der Waals surface area contributed by atoms with E-state index in [1.54, 1.807) is 0 Å². The van der Waals surface area contributed by atoms with Crippen molar-refractivity contribution < 1.29 is 0 Å². The van der Waals surface area contributed by atoms with Crippen molar-refractivity contribution in [1.82, 2.24) is 10.2 Å². The molecule has 0 aliphatic rings. The molecule has 0 unspecified atom stereocenters. The Morgan fingerprint density at radius 1 is 1.38 bits per heavy atom. The van der Waals surface area contributed by atoms with Gasteiger partial charge in [-0.25, -0.2) is 0 Å². The van der Waals surface area contributed by atoms with E-state index in [0.717, 1.165) is 19.5 Å². The van der Waals surface area contributed by atoms with E-state index < -0.39 is 0 Å². The molecule has 0 aromatic carbocycles. The molecule has 0 saturated carbocycles. The molecule has 2 heteroatoms. The van der Waals surface area contributed by atoms with E-state index in [2.05, 4.69) is 16.8 Å². The highest BCUT2D eigenvalue weighted by molar-refractivity contribution is 4.85. The zero-order chi connectivity index (χ0) is 10.5. The van der Waals surface area contributed by atoms with Crippen molar-refractivity contribution in [1.29, 1.82) is 0 Å². The number of hydrogen-bond donors (Lipinski definition) is 1. The third kappa shape index (κ3) is 11.2. The van der Waals surface area contributed by atoms with E-state index >= 15 is 0 Å². The maximum absolute atomic E-state index is 3.71. The predicted octanol–water partition coefficient (Wildman–Crippen LogP) is 2.60. The highest BCUT2D eigenvalue weighted by Crippen LogP contribution is 1.92. The van der Waals surface area contributed by atoms with E-state index in [1.807, 2.05) is 46.3 Å². The molecule has 78 valence electrons. The van der Waals surface area contributed by atoms with Gasteiger partial charge in [-0.3, -0.25) is 0 Å². The predicted molar refractivity (Wildman–Crippen MR) is 61.6 cm³/mol. The standard InChI is InChI=1S/C9H18N2.C2H6/c1-4-8-11(5-2)9-6-7-10-3;1-2/h4-5,8,10H,2,6-7,9H2,1,3H3;1-2H3/b8-4-;. The average Bonchev–Trinajstić information content (AvgIpc) is 2.20. The van der Waals surface area contributed by atoms with Crippen LogP contribution in [0.25, 0.3) is 0 Å². The molecule has 0 bridgehead atoms. The molecule has 0 radical (unpaired) electrons. The Morgan fingerprint density at radius 2 is 2.00 bits per heavy atom.